The van der Waals surface area contributed by atoms with Crippen LogP contribution in [-0.4, -0.2) is 44.0 Å². The van der Waals surface area contributed by atoms with Crippen LogP contribution in [0, 0.1) is 5.82 Å². The van der Waals surface area contributed by atoms with Crippen LogP contribution in [0.1, 0.15) is 0 Å². The number of ether oxygens (including phenoxy) is 1. The molecule has 0 aliphatic carbocycles. The van der Waals surface area contributed by atoms with Crippen molar-refractivity contribution in [3.63, 3.8) is 0 Å². The average molecular weight is 337 g/mol. The van der Waals surface area contributed by atoms with E-state index in [0.717, 1.165) is 0 Å². The number of morpholine rings is 1. The molecular weight excluding hydrogens is 321 g/mol. The van der Waals surface area contributed by atoms with Crippen molar-refractivity contribution < 1.29 is 17.5 Å². The number of nitrogens with zero attached hydrogens (tertiary/aromatic N) is 2. The number of hydrogen-bond donors (Lipinski definition) is 1. The van der Waals surface area contributed by atoms with Gasteiger partial charge in [0.1, 0.15) is 16.5 Å². The molecule has 1 N–H and O–H groups in total. The molecule has 122 valence electrons. The van der Waals surface area contributed by atoms with Gasteiger partial charge in [-0.2, -0.15) is 4.31 Å². The molecule has 0 spiro atoms. The van der Waals surface area contributed by atoms with Crippen molar-refractivity contribution >= 4 is 21.5 Å². The van der Waals surface area contributed by atoms with E-state index in [-0.39, 0.29) is 10.7 Å². The Morgan fingerprint density at radius 2 is 1.78 bits per heavy atom. The second kappa shape index (κ2) is 6.61. The van der Waals surface area contributed by atoms with E-state index >= 15 is 0 Å². The van der Waals surface area contributed by atoms with E-state index in [2.05, 4.69) is 10.3 Å². The lowest BCUT2D eigenvalue weighted by molar-refractivity contribution is 0.0730. The molecule has 23 heavy (non-hydrogen) atoms. The van der Waals surface area contributed by atoms with Gasteiger partial charge in [-0.05, 0) is 36.4 Å². The van der Waals surface area contributed by atoms with Gasteiger partial charge in [-0.3, -0.25) is 0 Å². The maximum absolute atomic E-state index is 12.9. The first-order valence-corrected chi connectivity index (χ1v) is 8.56. The monoisotopic (exact) mass is 337 g/mol. The van der Waals surface area contributed by atoms with Crippen molar-refractivity contribution in [1.29, 1.82) is 0 Å². The first-order chi connectivity index (χ1) is 11.1. The van der Waals surface area contributed by atoms with Crippen LogP contribution in [0.15, 0.2) is 47.5 Å². The van der Waals surface area contributed by atoms with Gasteiger partial charge in [0.2, 0.25) is 10.0 Å². The van der Waals surface area contributed by atoms with Gasteiger partial charge in [-0.1, -0.05) is 0 Å². The third-order valence-electron chi connectivity index (χ3n) is 3.46. The van der Waals surface area contributed by atoms with E-state index < -0.39 is 10.0 Å². The van der Waals surface area contributed by atoms with Gasteiger partial charge in [-0.15, -0.1) is 0 Å². The van der Waals surface area contributed by atoms with E-state index in [4.69, 9.17) is 4.74 Å². The molecule has 0 amide bonds. The molecule has 1 aromatic carbocycles. The van der Waals surface area contributed by atoms with Crippen LogP contribution >= 0.6 is 0 Å². The molecule has 2 heterocycles. The zero-order valence-corrected chi connectivity index (χ0v) is 13.1. The Bertz CT molecular complexity index is 758. The standard InChI is InChI=1S/C15H16FN3O3S/c16-12-1-3-13(4-2-12)18-15-6-5-14(11-17-15)23(20,21)19-7-9-22-10-8-19/h1-6,11H,7-10H2,(H,17,18). The highest BCUT2D eigenvalue weighted by Gasteiger charge is 2.26. The third kappa shape index (κ3) is 3.66. The zero-order chi connectivity index (χ0) is 16.3. The number of nitrogens with one attached hydrogen (secondary N) is 1. The lowest BCUT2D eigenvalue weighted by atomic mass is 10.3. The Hall–Kier alpha value is -2.03. The van der Waals surface area contributed by atoms with Crippen molar-refractivity contribution in [2.24, 2.45) is 0 Å². The second-order valence-electron chi connectivity index (χ2n) is 5.03. The van der Waals surface area contributed by atoms with Crippen molar-refractivity contribution in [1.82, 2.24) is 9.29 Å². The highest BCUT2D eigenvalue weighted by molar-refractivity contribution is 7.89. The van der Waals surface area contributed by atoms with E-state index in [1.54, 1.807) is 18.2 Å². The Morgan fingerprint density at radius 3 is 2.39 bits per heavy atom. The molecule has 1 fully saturated rings. The molecule has 1 aliphatic heterocycles. The second-order valence-corrected chi connectivity index (χ2v) is 6.97. The van der Waals surface area contributed by atoms with Gasteiger partial charge in [0, 0.05) is 25.0 Å². The van der Waals surface area contributed by atoms with E-state index in [0.29, 0.717) is 37.8 Å². The lowest BCUT2D eigenvalue weighted by Crippen LogP contribution is -2.40. The SMILES string of the molecule is O=S(=O)(c1ccc(Nc2ccc(F)cc2)nc1)N1CCOCC1. The molecule has 1 aromatic heterocycles. The highest BCUT2D eigenvalue weighted by Crippen LogP contribution is 2.19. The van der Waals surface area contributed by atoms with Gasteiger partial charge in [0.25, 0.3) is 0 Å². The number of pyridine rings is 1. The third-order valence-corrected chi connectivity index (χ3v) is 5.34. The molecule has 2 aromatic rings. The lowest BCUT2D eigenvalue weighted by Gasteiger charge is -2.25. The van der Waals surface area contributed by atoms with Crippen molar-refractivity contribution in [3.8, 4) is 0 Å². The van der Waals surface area contributed by atoms with Crippen molar-refractivity contribution in [3.05, 3.63) is 48.4 Å². The van der Waals surface area contributed by atoms with E-state index in [1.165, 1.54) is 28.7 Å². The van der Waals surface area contributed by atoms with Crippen molar-refractivity contribution in [2.45, 2.75) is 4.90 Å². The molecule has 8 heteroatoms. The fraction of sp³-hybridized carbons (Fsp3) is 0.267. The van der Waals surface area contributed by atoms with E-state index in [1.807, 2.05) is 0 Å². The number of sulfonamides is 1. The number of anilines is 2. The quantitative estimate of drug-likeness (QED) is 0.924. The molecular formula is C15H16FN3O3S. The molecule has 0 unspecified atom stereocenters. The Kier molecular flexibility index (Phi) is 4.56. The topological polar surface area (TPSA) is 71.5 Å². The van der Waals surface area contributed by atoms with Crippen LogP contribution in [0.2, 0.25) is 0 Å². The summed E-state index contributed by atoms with van der Waals surface area (Å²) in [6, 6.07) is 8.91. The average Bonchev–Trinajstić information content (AvgIpc) is 2.58. The van der Waals surface area contributed by atoms with Crippen LogP contribution in [0.4, 0.5) is 15.9 Å². The number of hydrogen-bond acceptors (Lipinski definition) is 5. The minimum absolute atomic E-state index is 0.143. The number of rotatable bonds is 4. The Morgan fingerprint density at radius 1 is 1.09 bits per heavy atom. The minimum Gasteiger partial charge on any atom is -0.379 e. The molecule has 0 atom stereocenters. The van der Waals surface area contributed by atoms with Crippen LogP contribution in [0.3, 0.4) is 0 Å². The summed E-state index contributed by atoms with van der Waals surface area (Å²) in [5.74, 6) is 0.160. The van der Waals surface area contributed by atoms with Gasteiger partial charge >= 0.3 is 0 Å². The Labute approximate surface area is 134 Å². The maximum Gasteiger partial charge on any atom is 0.244 e. The van der Waals surface area contributed by atoms with Crippen LogP contribution in [0.25, 0.3) is 0 Å². The molecule has 0 radical (unpaired) electrons. The van der Waals surface area contributed by atoms with Gasteiger partial charge in [0.05, 0.1) is 13.2 Å². The number of halogens is 1. The summed E-state index contributed by atoms with van der Waals surface area (Å²) in [7, 11) is -3.54. The first kappa shape index (κ1) is 15.9. The fourth-order valence-corrected chi connectivity index (χ4v) is 3.58. The van der Waals surface area contributed by atoms with Gasteiger partial charge < -0.3 is 10.1 Å². The molecule has 0 bridgehead atoms. The number of benzene rings is 1. The van der Waals surface area contributed by atoms with Crippen LogP contribution in [0.5, 0.6) is 0 Å². The molecule has 1 saturated heterocycles. The summed E-state index contributed by atoms with van der Waals surface area (Å²) in [6.45, 7) is 1.49. The maximum atomic E-state index is 12.9. The summed E-state index contributed by atoms with van der Waals surface area (Å²) in [4.78, 5) is 4.26. The predicted molar refractivity (Wildman–Crippen MR) is 83.5 cm³/mol. The summed E-state index contributed by atoms with van der Waals surface area (Å²) < 4.78 is 44.3. The summed E-state index contributed by atoms with van der Waals surface area (Å²) in [5, 5.41) is 2.98. The molecule has 1 aliphatic rings. The summed E-state index contributed by atoms with van der Waals surface area (Å²) in [6.07, 6.45) is 1.32. The zero-order valence-electron chi connectivity index (χ0n) is 12.3. The smallest absolute Gasteiger partial charge is 0.244 e. The minimum atomic E-state index is -3.54. The summed E-state index contributed by atoms with van der Waals surface area (Å²) >= 11 is 0. The molecule has 3 rings (SSSR count). The first-order valence-electron chi connectivity index (χ1n) is 7.12. The van der Waals surface area contributed by atoms with Crippen molar-refractivity contribution in [2.75, 3.05) is 31.6 Å². The Balaban J connectivity index is 1.74. The van der Waals surface area contributed by atoms with Gasteiger partial charge in [-0.25, -0.2) is 17.8 Å². The van der Waals surface area contributed by atoms with Crippen LogP contribution < -0.4 is 5.32 Å². The number of aromatic nitrogens is 1. The van der Waals surface area contributed by atoms with E-state index in [9.17, 15) is 12.8 Å². The largest absolute Gasteiger partial charge is 0.379 e. The predicted octanol–water partition coefficient (Wildman–Crippen LogP) is 1.99. The fourth-order valence-electron chi connectivity index (χ4n) is 2.22. The normalized spacial score (nSPS) is 16.2. The molecule has 6 nitrogen and oxygen atoms in total. The summed E-state index contributed by atoms with van der Waals surface area (Å²) in [5.41, 5.74) is 0.669. The van der Waals surface area contributed by atoms with Gasteiger partial charge in [0.15, 0.2) is 0 Å². The van der Waals surface area contributed by atoms with Crippen LogP contribution in [-0.2, 0) is 14.8 Å². The molecule has 0 saturated carbocycles. The highest BCUT2D eigenvalue weighted by atomic mass is 32.2.